The zero-order valence-electron chi connectivity index (χ0n) is 8.36. The minimum absolute atomic E-state index is 0.594. The maximum atomic E-state index is 5.49. The Bertz CT molecular complexity index is 228. The molecule has 13 heavy (non-hydrogen) atoms. The molecule has 4 nitrogen and oxygen atoms in total. The SMILES string of the molecule is CCOC(C)(OCC)n1cccn1. The van der Waals surface area contributed by atoms with E-state index in [1.54, 1.807) is 10.9 Å². The van der Waals surface area contributed by atoms with Crippen molar-refractivity contribution in [2.75, 3.05) is 13.2 Å². The van der Waals surface area contributed by atoms with Crippen LogP contribution in [0.3, 0.4) is 0 Å². The van der Waals surface area contributed by atoms with E-state index in [-0.39, 0.29) is 0 Å². The van der Waals surface area contributed by atoms with Gasteiger partial charge in [-0.1, -0.05) is 0 Å². The normalized spacial score (nSPS) is 11.9. The molecule has 0 saturated heterocycles. The summed E-state index contributed by atoms with van der Waals surface area (Å²) in [6.45, 7) is 6.90. The van der Waals surface area contributed by atoms with Gasteiger partial charge >= 0.3 is 0 Å². The molecule has 0 aliphatic heterocycles. The summed E-state index contributed by atoms with van der Waals surface area (Å²) in [4.78, 5) is 0. The van der Waals surface area contributed by atoms with Crippen molar-refractivity contribution >= 4 is 0 Å². The highest BCUT2D eigenvalue weighted by Gasteiger charge is 2.27. The van der Waals surface area contributed by atoms with E-state index in [0.29, 0.717) is 13.2 Å². The van der Waals surface area contributed by atoms with Gasteiger partial charge in [-0.25, -0.2) is 4.68 Å². The molecule has 0 N–H and O–H groups in total. The fourth-order valence-electron chi connectivity index (χ4n) is 1.22. The monoisotopic (exact) mass is 184 g/mol. The average molecular weight is 184 g/mol. The molecule has 1 rings (SSSR count). The highest BCUT2D eigenvalue weighted by molar-refractivity contribution is 4.80. The van der Waals surface area contributed by atoms with Crippen molar-refractivity contribution in [3.8, 4) is 0 Å². The fourth-order valence-corrected chi connectivity index (χ4v) is 1.22. The molecule has 1 aromatic heterocycles. The lowest BCUT2D eigenvalue weighted by Crippen LogP contribution is -2.37. The Morgan fingerprint density at radius 1 is 1.31 bits per heavy atom. The van der Waals surface area contributed by atoms with E-state index in [9.17, 15) is 0 Å². The summed E-state index contributed by atoms with van der Waals surface area (Å²) in [5.41, 5.74) is 0. The lowest BCUT2D eigenvalue weighted by Gasteiger charge is -2.28. The van der Waals surface area contributed by atoms with Gasteiger partial charge in [0.1, 0.15) is 0 Å². The fraction of sp³-hybridized carbons (Fsp3) is 0.667. The largest absolute Gasteiger partial charge is 0.332 e. The van der Waals surface area contributed by atoms with Gasteiger partial charge in [0.2, 0.25) is 0 Å². The molecule has 0 amide bonds. The Morgan fingerprint density at radius 2 is 1.92 bits per heavy atom. The van der Waals surface area contributed by atoms with Crippen LogP contribution in [0.15, 0.2) is 18.5 Å². The Morgan fingerprint density at radius 3 is 2.31 bits per heavy atom. The molecule has 1 heterocycles. The second-order valence-electron chi connectivity index (χ2n) is 2.71. The molecule has 1 aromatic rings. The zero-order chi connectivity index (χ0) is 9.73. The average Bonchev–Trinajstić information content (AvgIpc) is 2.57. The van der Waals surface area contributed by atoms with Gasteiger partial charge in [-0.2, -0.15) is 5.10 Å². The lowest BCUT2D eigenvalue weighted by atomic mass is 10.5. The summed E-state index contributed by atoms with van der Waals surface area (Å²) in [6.07, 6.45) is 3.53. The molecule has 0 fully saturated rings. The highest BCUT2D eigenvalue weighted by atomic mass is 16.7. The minimum Gasteiger partial charge on any atom is -0.332 e. The molecule has 74 valence electrons. The third kappa shape index (κ3) is 2.29. The number of rotatable bonds is 5. The second-order valence-corrected chi connectivity index (χ2v) is 2.71. The van der Waals surface area contributed by atoms with Gasteiger partial charge in [0.05, 0.1) is 0 Å². The third-order valence-corrected chi connectivity index (χ3v) is 1.74. The van der Waals surface area contributed by atoms with E-state index in [1.807, 2.05) is 33.0 Å². The van der Waals surface area contributed by atoms with E-state index in [4.69, 9.17) is 9.47 Å². The smallest absolute Gasteiger partial charge is 0.267 e. The van der Waals surface area contributed by atoms with Crippen molar-refractivity contribution in [1.29, 1.82) is 0 Å². The van der Waals surface area contributed by atoms with Crippen molar-refractivity contribution in [2.24, 2.45) is 0 Å². The Balaban J connectivity index is 2.78. The molecule has 0 aliphatic rings. The molecule has 0 saturated carbocycles. The van der Waals surface area contributed by atoms with Crippen LogP contribution in [-0.2, 0) is 15.4 Å². The van der Waals surface area contributed by atoms with Crippen LogP contribution in [0.1, 0.15) is 20.8 Å². The molecule has 0 spiro atoms. The second kappa shape index (κ2) is 4.39. The van der Waals surface area contributed by atoms with Crippen LogP contribution in [0, 0.1) is 0 Å². The van der Waals surface area contributed by atoms with Crippen LogP contribution in [0.5, 0.6) is 0 Å². The predicted molar refractivity (Wildman–Crippen MR) is 49.1 cm³/mol. The molecule has 0 aromatic carbocycles. The number of ether oxygens (including phenoxy) is 2. The van der Waals surface area contributed by atoms with Crippen LogP contribution in [0.4, 0.5) is 0 Å². The van der Waals surface area contributed by atoms with Crippen molar-refractivity contribution in [3.05, 3.63) is 18.5 Å². The quantitative estimate of drug-likeness (QED) is 0.652. The summed E-state index contributed by atoms with van der Waals surface area (Å²) in [6, 6.07) is 1.84. The van der Waals surface area contributed by atoms with Crippen LogP contribution in [-0.4, -0.2) is 23.0 Å². The first kappa shape index (κ1) is 10.2. The molecule has 0 aliphatic carbocycles. The first-order chi connectivity index (χ1) is 6.23. The van der Waals surface area contributed by atoms with E-state index < -0.39 is 5.91 Å². The summed E-state index contributed by atoms with van der Waals surface area (Å²) >= 11 is 0. The lowest BCUT2D eigenvalue weighted by molar-refractivity contribution is -0.284. The van der Waals surface area contributed by atoms with Crippen molar-refractivity contribution < 1.29 is 9.47 Å². The predicted octanol–water partition coefficient (Wildman–Crippen LogP) is 1.59. The van der Waals surface area contributed by atoms with E-state index in [2.05, 4.69) is 5.10 Å². The maximum Gasteiger partial charge on any atom is 0.267 e. The maximum absolute atomic E-state index is 5.49. The van der Waals surface area contributed by atoms with Gasteiger partial charge in [-0.05, 0) is 19.9 Å². The van der Waals surface area contributed by atoms with Crippen LogP contribution in [0.2, 0.25) is 0 Å². The Labute approximate surface area is 78.5 Å². The van der Waals surface area contributed by atoms with Gasteiger partial charge in [0.25, 0.3) is 5.91 Å². The molecule has 0 atom stereocenters. The van der Waals surface area contributed by atoms with Crippen molar-refractivity contribution in [1.82, 2.24) is 9.78 Å². The molecule has 4 heteroatoms. The third-order valence-electron chi connectivity index (χ3n) is 1.74. The van der Waals surface area contributed by atoms with E-state index in [0.717, 1.165) is 0 Å². The highest BCUT2D eigenvalue weighted by Crippen LogP contribution is 2.17. The summed E-state index contributed by atoms with van der Waals surface area (Å²) in [5.74, 6) is -0.771. The molecule has 0 unspecified atom stereocenters. The molecule has 0 radical (unpaired) electrons. The zero-order valence-corrected chi connectivity index (χ0v) is 8.36. The van der Waals surface area contributed by atoms with E-state index >= 15 is 0 Å². The van der Waals surface area contributed by atoms with Crippen LogP contribution < -0.4 is 0 Å². The first-order valence-corrected chi connectivity index (χ1v) is 4.51. The number of aromatic nitrogens is 2. The number of hydrogen-bond acceptors (Lipinski definition) is 3. The number of nitrogens with zero attached hydrogens (tertiary/aromatic N) is 2. The summed E-state index contributed by atoms with van der Waals surface area (Å²) in [5, 5.41) is 4.09. The molecular weight excluding hydrogens is 168 g/mol. The molecule has 0 bridgehead atoms. The van der Waals surface area contributed by atoms with Gasteiger partial charge in [0.15, 0.2) is 0 Å². The van der Waals surface area contributed by atoms with Crippen LogP contribution >= 0.6 is 0 Å². The molecular formula is C9H16N2O2. The van der Waals surface area contributed by atoms with Crippen molar-refractivity contribution in [3.63, 3.8) is 0 Å². The van der Waals surface area contributed by atoms with Gasteiger partial charge in [-0.15, -0.1) is 0 Å². The minimum atomic E-state index is -0.771. The van der Waals surface area contributed by atoms with E-state index in [1.165, 1.54) is 0 Å². The Hall–Kier alpha value is -0.870. The van der Waals surface area contributed by atoms with Gasteiger partial charge in [-0.3, -0.25) is 0 Å². The van der Waals surface area contributed by atoms with Gasteiger partial charge in [0, 0.05) is 32.5 Å². The van der Waals surface area contributed by atoms with Crippen molar-refractivity contribution in [2.45, 2.75) is 26.7 Å². The van der Waals surface area contributed by atoms with Crippen LogP contribution in [0.25, 0.3) is 0 Å². The summed E-state index contributed by atoms with van der Waals surface area (Å²) < 4.78 is 12.7. The standard InChI is InChI=1S/C9H16N2O2/c1-4-12-9(3,13-5-2)11-8-6-7-10-11/h6-8H,4-5H2,1-3H3. The first-order valence-electron chi connectivity index (χ1n) is 4.51. The van der Waals surface area contributed by atoms with Gasteiger partial charge < -0.3 is 9.47 Å². The summed E-state index contributed by atoms with van der Waals surface area (Å²) in [7, 11) is 0. The Kier molecular flexibility index (Phi) is 3.45. The number of hydrogen-bond donors (Lipinski definition) is 0. The topological polar surface area (TPSA) is 36.3 Å².